The molecule has 0 aliphatic rings. The van der Waals surface area contributed by atoms with Crippen LogP contribution in [0, 0.1) is 0 Å². The van der Waals surface area contributed by atoms with E-state index in [1.54, 1.807) is 19.5 Å². The minimum atomic E-state index is 0.621. The molecule has 4 nitrogen and oxygen atoms in total. The van der Waals surface area contributed by atoms with Gasteiger partial charge in [-0.05, 0) is 36.4 Å². The molecule has 3 rings (SSSR count). The second-order valence-electron chi connectivity index (χ2n) is 4.57. The van der Waals surface area contributed by atoms with Gasteiger partial charge in [-0.1, -0.05) is 11.6 Å². The predicted molar refractivity (Wildman–Crippen MR) is 84.9 cm³/mol. The van der Waals surface area contributed by atoms with Crippen LogP contribution in [0.25, 0.3) is 11.0 Å². The summed E-state index contributed by atoms with van der Waals surface area (Å²) >= 11 is 6.03. The molecule has 106 valence electrons. The Bertz CT molecular complexity index is 776. The molecule has 0 saturated heterocycles. The maximum absolute atomic E-state index is 6.03. The van der Waals surface area contributed by atoms with Crippen molar-refractivity contribution in [3.63, 3.8) is 0 Å². The van der Waals surface area contributed by atoms with Gasteiger partial charge in [0.05, 0.1) is 18.1 Å². The van der Waals surface area contributed by atoms with E-state index in [-0.39, 0.29) is 0 Å². The van der Waals surface area contributed by atoms with E-state index in [0.717, 1.165) is 28.0 Å². The van der Waals surface area contributed by atoms with Crippen molar-refractivity contribution in [3.05, 3.63) is 59.4 Å². The fourth-order valence-corrected chi connectivity index (χ4v) is 2.35. The van der Waals surface area contributed by atoms with Gasteiger partial charge in [0.25, 0.3) is 0 Å². The molecule has 0 unspecified atom stereocenters. The van der Waals surface area contributed by atoms with Crippen molar-refractivity contribution in [1.29, 1.82) is 0 Å². The summed E-state index contributed by atoms with van der Waals surface area (Å²) in [6.07, 6.45) is 3.37. The normalized spacial score (nSPS) is 10.6. The second-order valence-corrected chi connectivity index (χ2v) is 5.01. The molecular formula is C16H14ClN3O. The van der Waals surface area contributed by atoms with Gasteiger partial charge in [-0.3, -0.25) is 9.97 Å². The maximum atomic E-state index is 6.03. The molecule has 0 saturated carbocycles. The lowest BCUT2D eigenvalue weighted by molar-refractivity contribution is 0.410. The van der Waals surface area contributed by atoms with Crippen LogP contribution in [0.5, 0.6) is 5.75 Å². The summed E-state index contributed by atoms with van der Waals surface area (Å²) in [5, 5.41) is 4.04. The number of aromatic nitrogens is 2. The molecule has 21 heavy (non-hydrogen) atoms. The van der Waals surface area contributed by atoms with Crippen molar-refractivity contribution in [2.24, 2.45) is 0 Å². The average molecular weight is 300 g/mol. The quantitative estimate of drug-likeness (QED) is 0.793. The monoisotopic (exact) mass is 299 g/mol. The Hall–Kier alpha value is -2.33. The molecule has 3 aromatic rings. The molecule has 0 bridgehead atoms. The summed E-state index contributed by atoms with van der Waals surface area (Å²) in [6, 6.07) is 11.5. The molecule has 0 spiro atoms. The van der Waals surface area contributed by atoms with Gasteiger partial charge in [-0.2, -0.15) is 0 Å². The SMILES string of the molecule is COc1ccc(Cl)cc1CNc1ccc2nccnc2c1. The highest BCUT2D eigenvalue weighted by molar-refractivity contribution is 6.30. The Morgan fingerprint density at radius 2 is 1.86 bits per heavy atom. The van der Waals surface area contributed by atoms with E-state index < -0.39 is 0 Å². The minimum Gasteiger partial charge on any atom is -0.496 e. The van der Waals surface area contributed by atoms with Crippen LogP contribution >= 0.6 is 11.6 Å². The Kier molecular flexibility index (Phi) is 3.88. The molecular weight excluding hydrogens is 286 g/mol. The van der Waals surface area contributed by atoms with Crippen molar-refractivity contribution in [3.8, 4) is 5.75 Å². The number of rotatable bonds is 4. The number of ether oxygens (including phenoxy) is 1. The van der Waals surface area contributed by atoms with Crippen LogP contribution < -0.4 is 10.1 Å². The van der Waals surface area contributed by atoms with Crippen molar-refractivity contribution >= 4 is 28.3 Å². The van der Waals surface area contributed by atoms with E-state index in [1.807, 2.05) is 36.4 Å². The number of fused-ring (bicyclic) bond motifs is 1. The third kappa shape index (κ3) is 3.06. The van der Waals surface area contributed by atoms with Crippen molar-refractivity contribution < 1.29 is 4.74 Å². The van der Waals surface area contributed by atoms with E-state index in [4.69, 9.17) is 16.3 Å². The van der Waals surface area contributed by atoms with Gasteiger partial charge in [0.15, 0.2) is 0 Å². The lowest BCUT2D eigenvalue weighted by Gasteiger charge is -2.11. The number of halogens is 1. The van der Waals surface area contributed by atoms with Gasteiger partial charge in [-0.15, -0.1) is 0 Å². The van der Waals surface area contributed by atoms with Gasteiger partial charge >= 0.3 is 0 Å². The first-order chi connectivity index (χ1) is 10.3. The summed E-state index contributed by atoms with van der Waals surface area (Å²) < 4.78 is 5.34. The molecule has 0 aliphatic heterocycles. The molecule has 2 aromatic carbocycles. The summed E-state index contributed by atoms with van der Waals surface area (Å²) in [6.45, 7) is 0.621. The molecule has 0 atom stereocenters. The highest BCUT2D eigenvalue weighted by Gasteiger charge is 2.04. The smallest absolute Gasteiger partial charge is 0.123 e. The van der Waals surface area contributed by atoms with Gasteiger partial charge in [0.2, 0.25) is 0 Å². The first kappa shape index (κ1) is 13.6. The summed E-state index contributed by atoms with van der Waals surface area (Å²) in [5.74, 6) is 0.812. The fraction of sp³-hybridized carbons (Fsp3) is 0.125. The number of nitrogens with one attached hydrogen (secondary N) is 1. The zero-order valence-electron chi connectivity index (χ0n) is 11.5. The zero-order chi connectivity index (χ0) is 14.7. The van der Waals surface area contributed by atoms with Gasteiger partial charge in [0, 0.05) is 35.2 Å². The van der Waals surface area contributed by atoms with Crippen LogP contribution in [0.4, 0.5) is 5.69 Å². The maximum Gasteiger partial charge on any atom is 0.123 e. The van der Waals surface area contributed by atoms with Crippen LogP contribution in [-0.2, 0) is 6.54 Å². The Balaban J connectivity index is 1.81. The van der Waals surface area contributed by atoms with E-state index in [1.165, 1.54) is 0 Å². The lowest BCUT2D eigenvalue weighted by Crippen LogP contribution is -2.02. The van der Waals surface area contributed by atoms with E-state index in [0.29, 0.717) is 11.6 Å². The van der Waals surface area contributed by atoms with Gasteiger partial charge in [-0.25, -0.2) is 0 Å². The molecule has 1 N–H and O–H groups in total. The molecule has 0 amide bonds. The van der Waals surface area contributed by atoms with Crippen LogP contribution in [0.15, 0.2) is 48.8 Å². The molecule has 1 heterocycles. The van der Waals surface area contributed by atoms with Crippen molar-refractivity contribution in [2.75, 3.05) is 12.4 Å². The molecule has 5 heteroatoms. The number of hydrogen-bond donors (Lipinski definition) is 1. The molecule has 0 aliphatic carbocycles. The zero-order valence-corrected chi connectivity index (χ0v) is 12.3. The number of benzene rings is 2. The second kappa shape index (κ2) is 5.97. The van der Waals surface area contributed by atoms with Crippen LogP contribution in [0.3, 0.4) is 0 Å². The summed E-state index contributed by atoms with van der Waals surface area (Å²) in [7, 11) is 1.65. The highest BCUT2D eigenvalue weighted by atomic mass is 35.5. The Morgan fingerprint density at radius 3 is 2.67 bits per heavy atom. The van der Waals surface area contributed by atoms with Gasteiger partial charge < -0.3 is 10.1 Å². The average Bonchev–Trinajstić information content (AvgIpc) is 2.53. The summed E-state index contributed by atoms with van der Waals surface area (Å²) in [5.41, 5.74) is 3.72. The first-order valence-corrected chi connectivity index (χ1v) is 6.91. The predicted octanol–water partition coefficient (Wildman–Crippen LogP) is 3.90. The van der Waals surface area contributed by atoms with Crippen LogP contribution in [0.1, 0.15) is 5.56 Å². The molecule has 0 radical (unpaired) electrons. The highest BCUT2D eigenvalue weighted by Crippen LogP contribution is 2.24. The largest absolute Gasteiger partial charge is 0.496 e. The summed E-state index contributed by atoms with van der Waals surface area (Å²) in [4.78, 5) is 8.55. The standard InChI is InChI=1S/C16H14ClN3O/c1-21-16-5-2-12(17)8-11(16)10-20-13-3-4-14-15(9-13)19-7-6-18-14/h2-9,20H,10H2,1H3. The third-order valence-corrected chi connectivity index (χ3v) is 3.43. The topological polar surface area (TPSA) is 47.0 Å². The minimum absolute atomic E-state index is 0.621. The molecule has 1 aromatic heterocycles. The van der Waals surface area contributed by atoms with Crippen molar-refractivity contribution in [2.45, 2.75) is 6.54 Å². The number of anilines is 1. The van der Waals surface area contributed by atoms with Crippen LogP contribution in [0.2, 0.25) is 5.02 Å². The number of nitrogens with zero attached hydrogens (tertiary/aromatic N) is 2. The van der Waals surface area contributed by atoms with Gasteiger partial charge in [0.1, 0.15) is 5.75 Å². The first-order valence-electron chi connectivity index (χ1n) is 6.53. The number of hydrogen-bond acceptors (Lipinski definition) is 4. The third-order valence-electron chi connectivity index (χ3n) is 3.19. The van der Waals surface area contributed by atoms with E-state index >= 15 is 0 Å². The Morgan fingerprint density at radius 1 is 1.05 bits per heavy atom. The van der Waals surface area contributed by atoms with Crippen LogP contribution in [-0.4, -0.2) is 17.1 Å². The Labute approximate surface area is 127 Å². The van der Waals surface area contributed by atoms with Crippen molar-refractivity contribution in [1.82, 2.24) is 9.97 Å². The van der Waals surface area contributed by atoms with E-state index in [9.17, 15) is 0 Å². The van der Waals surface area contributed by atoms with E-state index in [2.05, 4.69) is 15.3 Å². The lowest BCUT2D eigenvalue weighted by atomic mass is 10.2. The molecule has 0 fully saturated rings. The fourth-order valence-electron chi connectivity index (χ4n) is 2.16. The number of methoxy groups -OCH3 is 1.